The van der Waals surface area contributed by atoms with Crippen LogP contribution >= 0.6 is 11.8 Å². The number of carbonyl (C=O) groups is 1. The van der Waals surface area contributed by atoms with Gasteiger partial charge in [0.05, 0.1) is 12.0 Å². The highest BCUT2D eigenvalue weighted by molar-refractivity contribution is 7.98. The summed E-state index contributed by atoms with van der Waals surface area (Å²) in [5.41, 5.74) is 1.75. The number of carboxylic acids is 1. The Bertz CT molecular complexity index is 167. The predicted octanol–water partition coefficient (Wildman–Crippen LogP) is 0.787. The first-order valence-electron chi connectivity index (χ1n) is 5.31. The topological polar surface area (TPSA) is 72.4 Å². The fraction of sp³-hybridized carbons (Fsp3) is 0.900. The average molecular weight is 234 g/mol. The van der Waals surface area contributed by atoms with Crippen LogP contribution in [0.3, 0.4) is 0 Å². The van der Waals surface area contributed by atoms with Crippen LogP contribution in [0.5, 0.6) is 0 Å². The number of aliphatic carboxylic acids is 1. The van der Waals surface area contributed by atoms with Crippen molar-refractivity contribution in [3.8, 4) is 0 Å². The van der Waals surface area contributed by atoms with Crippen molar-refractivity contribution in [1.82, 2.24) is 5.48 Å². The number of nitrogens with one attached hydrogen (secondary N) is 1. The maximum atomic E-state index is 10.4. The Hall–Kier alpha value is -0.260. The van der Waals surface area contributed by atoms with Crippen LogP contribution in [-0.2, 0) is 4.79 Å². The molecule has 0 radical (unpaired) electrons. The normalized spacial score (nSPS) is 12.7. The molecule has 0 aliphatic carbocycles. The van der Waals surface area contributed by atoms with Crippen molar-refractivity contribution in [2.24, 2.45) is 0 Å². The molecule has 0 spiro atoms. The minimum atomic E-state index is -1.24. The average Bonchev–Trinajstić information content (AvgIpc) is 2.21. The second-order valence-corrected chi connectivity index (χ2v) is 4.54. The number of hydroxylamine groups is 1. The van der Waals surface area contributed by atoms with Crippen LogP contribution < -0.4 is 10.6 Å². The zero-order chi connectivity index (χ0) is 11.5. The van der Waals surface area contributed by atoms with Crippen LogP contribution in [0.15, 0.2) is 0 Å². The van der Waals surface area contributed by atoms with E-state index in [0.717, 1.165) is 19.3 Å². The maximum Gasteiger partial charge on any atom is 0.0714 e. The number of hydrogen-bond donors (Lipinski definition) is 2. The zero-order valence-corrected chi connectivity index (χ0v) is 10.0. The third-order valence-corrected chi connectivity index (χ3v) is 2.98. The molecule has 0 aromatic carbocycles. The van der Waals surface area contributed by atoms with Crippen LogP contribution in [0, 0.1) is 0 Å². The second-order valence-electron chi connectivity index (χ2n) is 3.55. The summed E-state index contributed by atoms with van der Waals surface area (Å²) < 4.78 is 0. The predicted molar refractivity (Wildman–Crippen MR) is 59.8 cm³/mol. The van der Waals surface area contributed by atoms with Crippen molar-refractivity contribution in [2.45, 2.75) is 44.6 Å². The number of hydrogen-bond acceptors (Lipinski definition) is 5. The van der Waals surface area contributed by atoms with E-state index >= 15 is 0 Å². The third-order valence-electron chi connectivity index (χ3n) is 2.28. The second kappa shape index (κ2) is 10.3. The molecule has 4 nitrogen and oxygen atoms in total. The molecular formula is C10H20NO3S-. The van der Waals surface area contributed by atoms with E-state index in [9.17, 15) is 9.90 Å². The van der Waals surface area contributed by atoms with Gasteiger partial charge in [0.25, 0.3) is 0 Å². The van der Waals surface area contributed by atoms with Gasteiger partial charge in [-0.15, -0.1) is 0 Å². The van der Waals surface area contributed by atoms with Crippen LogP contribution in [0.1, 0.15) is 38.5 Å². The molecular weight excluding hydrogens is 214 g/mol. The fourth-order valence-electron chi connectivity index (χ4n) is 1.36. The molecule has 0 amide bonds. The number of rotatable bonds is 10. The van der Waals surface area contributed by atoms with Gasteiger partial charge in [-0.05, 0) is 24.9 Å². The van der Waals surface area contributed by atoms with Gasteiger partial charge in [0.15, 0.2) is 0 Å². The molecule has 1 atom stereocenters. The quantitative estimate of drug-likeness (QED) is 0.432. The van der Waals surface area contributed by atoms with Crippen LogP contribution in [0.25, 0.3) is 0 Å². The van der Waals surface area contributed by atoms with E-state index in [-0.39, 0.29) is 0 Å². The fourth-order valence-corrected chi connectivity index (χ4v) is 1.85. The summed E-state index contributed by atoms with van der Waals surface area (Å²) in [5, 5.41) is 18.9. The molecule has 0 fully saturated rings. The Morgan fingerprint density at radius 1 is 1.33 bits per heavy atom. The lowest BCUT2D eigenvalue weighted by atomic mass is 10.1. The zero-order valence-electron chi connectivity index (χ0n) is 9.20. The summed E-state index contributed by atoms with van der Waals surface area (Å²) >= 11 is 1.85. The molecule has 0 rings (SSSR count). The lowest BCUT2D eigenvalue weighted by Crippen LogP contribution is -2.44. The van der Waals surface area contributed by atoms with Gasteiger partial charge in [0, 0.05) is 0 Å². The summed E-state index contributed by atoms with van der Waals surface area (Å²) in [7, 11) is 0. The van der Waals surface area contributed by atoms with Crippen molar-refractivity contribution < 1.29 is 15.1 Å². The number of thioether (sulfide) groups is 1. The Balaban J connectivity index is 3.25. The van der Waals surface area contributed by atoms with Crippen molar-refractivity contribution in [2.75, 3.05) is 12.0 Å². The summed E-state index contributed by atoms with van der Waals surface area (Å²) in [6.07, 6.45) is 7.91. The molecule has 0 unspecified atom stereocenters. The molecule has 0 heterocycles. The Morgan fingerprint density at radius 3 is 2.47 bits per heavy atom. The minimum Gasteiger partial charge on any atom is -0.548 e. The Labute approximate surface area is 95.4 Å². The van der Waals surface area contributed by atoms with Gasteiger partial charge in [0.2, 0.25) is 0 Å². The minimum absolute atomic E-state index is 0.432. The maximum absolute atomic E-state index is 10.4. The van der Waals surface area contributed by atoms with Gasteiger partial charge in [-0.3, -0.25) is 0 Å². The first-order chi connectivity index (χ1) is 7.22. The molecule has 90 valence electrons. The van der Waals surface area contributed by atoms with Gasteiger partial charge in [-0.2, -0.15) is 17.2 Å². The highest BCUT2D eigenvalue weighted by atomic mass is 32.2. The van der Waals surface area contributed by atoms with E-state index in [1.807, 2.05) is 11.8 Å². The van der Waals surface area contributed by atoms with E-state index in [0.29, 0.717) is 6.42 Å². The van der Waals surface area contributed by atoms with Crippen molar-refractivity contribution in [3.05, 3.63) is 0 Å². The molecule has 0 aliphatic rings. The highest BCUT2D eigenvalue weighted by Gasteiger charge is 2.06. The van der Waals surface area contributed by atoms with E-state index in [1.165, 1.54) is 18.6 Å². The van der Waals surface area contributed by atoms with E-state index < -0.39 is 12.0 Å². The lowest BCUT2D eigenvalue weighted by Gasteiger charge is -2.15. The Morgan fingerprint density at radius 2 is 1.93 bits per heavy atom. The van der Waals surface area contributed by atoms with Gasteiger partial charge in [0.1, 0.15) is 0 Å². The third kappa shape index (κ3) is 8.72. The first kappa shape index (κ1) is 14.7. The van der Waals surface area contributed by atoms with Gasteiger partial charge >= 0.3 is 0 Å². The summed E-state index contributed by atoms with van der Waals surface area (Å²) in [5.74, 6) is -0.0419. The molecule has 5 heteroatoms. The smallest absolute Gasteiger partial charge is 0.0714 e. The van der Waals surface area contributed by atoms with E-state index in [2.05, 4.69) is 6.26 Å². The van der Waals surface area contributed by atoms with E-state index in [1.54, 1.807) is 5.48 Å². The van der Waals surface area contributed by atoms with Crippen LogP contribution in [0.4, 0.5) is 0 Å². The van der Waals surface area contributed by atoms with Crippen molar-refractivity contribution >= 4 is 17.7 Å². The largest absolute Gasteiger partial charge is 0.548 e. The number of unbranched alkanes of at least 4 members (excludes halogenated alkanes) is 4. The highest BCUT2D eigenvalue weighted by Crippen LogP contribution is 2.09. The monoisotopic (exact) mass is 234 g/mol. The summed E-state index contributed by atoms with van der Waals surface area (Å²) in [6.45, 7) is 0. The van der Waals surface area contributed by atoms with Crippen molar-refractivity contribution in [1.29, 1.82) is 0 Å². The number of carbonyl (C=O) groups excluding carboxylic acids is 1. The molecule has 15 heavy (non-hydrogen) atoms. The molecule has 0 aromatic rings. The molecule has 2 N–H and O–H groups in total. The van der Waals surface area contributed by atoms with Crippen LogP contribution in [0.2, 0.25) is 0 Å². The van der Waals surface area contributed by atoms with Gasteiger partial charge in [-0.1, -0.05) is 25.7 Å². The lowest BCUT2D eigenvalue weighted by molar-refractivity contribution is -0.310. The number of carboxylic acid groups (broad SMARTS) is 1. The van der Waals surface area contributed by atoms with E-state index in [4.69, 9.17) is 5.21 Å². The Kier molecular flexibility index (Phi) is 10.1. The standard InChI is InChI=1S/C10H21NO3S/c1-15-8-6-4-2-3-5-7-9(11-14)10(12)13/h9,11,14H,2-8H2,1H3,(H,12,13)/p-1/t9-/m0/s1. The SMILES string of the molecule is CSCCCCCCC[C@H](NO)C(=O)[O-]. The molecule has 0 saturated heterocycles. The molecule has 0 aromatic heterocycles. The van der Waals surface area contributed by atoms with Gasteiger partial charge < -0.3 is 15.1 Å². The molecule has 0 saturated carbocycles. The molecule has 0 aliphatic heterocycles. The summed E-state index contributed by atoms with van der Waals surface area (Å²) in [6, 6.07) is -0.920. The van der Waals surface area contributed by atoms with Gasteiger partial charge in [-0.25, -0.2) is 0 Å². The molecule has 0 bridgehead atoms. The van der Waals surface area contributed by atoms with Crippen LogP contribution in [-0.4, -0.2) is 29.2 Å². The first-order valence-corrected chi connectivity index (χ1v) is 6.71. The summed E-state index contributed by atoms with van der Waals surface area (Å²) in [4.78, 5) is 10.4. The van der Waals surface area contributed by atoms with Crippen molar-refractivity contribution in [3.63, 3.8) is 0 Å².